The summed E-state index contributed by atoms with van der Waals surface area (Å²) in [5.74, 6) is -11.4. The van der Waals surface area contributed by atoms with E-state index in [2.05, 4.69) is 5.32 Å². The largest absolute Gasteiger partial charge is 0.507 e. The van der Waals surface area contributed by atoms with Gasteiger partial charge in [0.1, 0.15) is 30.5 Å². The van der Waals surface area contributed by atoms with Gasteiger partial charge in [0, 0.05) is 73.7 Å². The SMILES string of the molecule is C/C1=C/C=C/[C@H](C(C)OC(=O)C(C)(C)CC(=O)N2CCOCC2)[C@H](O)[C@@H](C)[C@@H](O)[C@@H](C)[C@H](O)[C@H](C)[C@@H](O[C@H]2C[C@@H]3OCO[C@@H]3[C@@H](C)O2)/C=C/O[C@@]2(C)Oc3c(C)c(O)c4c(c3C2=O)C(=O)C=C(NC1=O)C4=O. The van der Waals surface area contributed by atoms with Crippen molar-refractivity contribution in [1.29, 1.82) is 0 Å². The molecule has 3 fully saturated rings. The number of ketones is 3. The first-order valence-electron chi connectivity index (χ1n) is 24.5. The zero-order valence-electron chi connectivity index (χ0n) is 42.4. The molecule has 6 heterocycles. The maximum atomic E-state index is 14.3. The number of rotatable bonds is 7. The standard InChI is InChI=1S/C52H68N2O18/c1-24-12-11-13-31(29(6)70-50(64)51(8,9)22-36(56)54-15-18-65-19-16-54)43(59)27(4)42(58)26(3)41(57)25(2)34(71-37-21-35-47(30(7)69-37)67-23-66-35)14-17-68-52(10)48(62)40-38-33(55)20-32(53-49(24)63)45(61)39(38)44(60)28(5)46(40)72-52/h11-14,17,20,25-27,29-31,34-35,37,41-43,47,57-60H,15-16,18-19,21-23H2,1-10H3,(H,53,63)/b13-11+,17-14+,24-12-/t25-,26+,27+,29?,30-,31-,34+,35+,37+,41-,42+,43-,47-,52+/m1/s1. The predicted octanol–water partition coefficient (Wildman–Crippen LogP) is 3.49. The van der Waals surface area contributed by atoms with E-state index < -0.39 is 130 Å². The number of aliphatic hydroxyl groups is 3. The second-order valence-corrected chi connectivity index (χ2v) is 20.5. The molecule has 0 spiro atoms. The molecule has 1 aromatic carbocycles. The summed E-state index contributed by atoms with van der Waals surface area (Å²) in [6.07, 6.45) is -0.607. The van der Waals surface area contributed by atoms with Gasteiger partial charge in [0.05, 0.1) is 83.9 Å². The molecule has 14 atom stereocenters. The number of phenolic OH excluding ortho intramolecular Hbond substituents is 1. The van der Waals surface area contributed by atoms with Crippen LogP contribution in [0, 0.1) is 36.0 Å². The molecule has 6 aliphatic heterocycles. The molecule has 0 saturated carbocycles. The number of ether oxygens (including phenoxy) is 8. The summed E-state index contributed by atoms with van der Waals surface area (Å²) in [6, 6.07) is 0. The van der Waals surface area contributed by atoms with Crippen molar-refractivity contribution in [3.63, 3.8) is 0 Å². The van der Waals surface area contributed by atoms with E-state index in [1.54, 1.807) is 46.4 Å². The van der Waals surface area contributed by atoms with Crippen LogP contribution >= 0.6 is 0 Å². The molecule has 5 bridgehead atoms. The van der Waals surface area contributed by atoms with Crippen molar-refractivity contribution in [2.45, 2.75) is 143 Å². The first-order chi connectivity index (χ1) is 33.9. The number of benzene rings is 1. The highest BCUT2D eigenvalue weighted by Gasteiger charge is 2.52. The van der Waals surface area contributed by atoms with Crippen LogP contribution in [0.15, 0.2) is 47.9 Å². The maximum absolute atomic E-state index is 14.3. The Balaban J connectivity index is 1.24. The van der Waals surface area contributed by atoms with E-state index >= 15 is 0 Å². The molecule has 2 amide bonds. The minimum absolute atomic E-state index is 0.0137. The van der Waals surface area contributed by atoms with Gasteiger partial charge in [-0.05, 0) is 47.6 Å². The van der Waals surface area contributed by atoms with Gasteiger partial charge in [0.2, 0.25) is 11.7 Å². The number of Topliss-reactive ketones (excluding diaryl/α,β-unsaturated/α-hetero) is 2. The van der Waals surface area contributed by atoms with Crippen molar-refractivity contribution in [2.75, 3.05) is 33.1 Å². The van der Waals surface area contributed by atoms with E-state index in [1.165, 1.54) is 45.1 Å². The highest BCUT2D eigenvalue weighted by atomic mass is 16.7. The number of nitrogens with zero attached hydrogens (tertiary/aromatic N) is 1. The third-order valence-corrected chi connectivity index (χ3v) is 14.9. The number of amides is 2. The lowest BCUT2D eigenvalue weighted by Gasteiger charge is -2.40. The van der Waals surface area contributed by atoms with E-state index in [0.29, 0.717) is 26.3 Å². The summed E-state index contributed by atoms with van der Waals surface area (Å²) in [5, 5.41) is 50.1. The average Bonchev–Trinajstić information content (AvgIpc) is 3.93. The predicted molar refractivity (Wildman–Crippen MR) is 253 cm³/mol. The van der Waals surface area contributed by atoms with Crippen LogP contribution in [0.5, 0.6) is 11.5 Å². The Morgan fingerprint density at radius 2 is 1.60 bits per heavy atom. The Bertz CT molecular complexity index is 2440. The van der Waals surface area contributed by atoms with Gasteiger partial charge in [-0.2, -0.15) is 0 Å². The van der Waals surface area contributed by atoms with Crippen molar-refractivity contribution >= 4 is 35.1 Å². The molecule has 72 heavy (non-hydrogen) atoms. The molecular weight excluding hydrogens is 941 g/mol. The lowest BCUT2D eigenvalue weighted by molar-refractivity contribution is -0.245. The lowest BCUT2D eigenvalue weighted by Crippen LogP contribution is -2.49. The lowest BCUT2D eigenvalue weighted by atomic mass is 9.77. The highest BCUT2D eigenvalue weighted by molar-refractivity contribution is 6.30. The number of aliphatic hydroxyl groups excluding tert-OH is 3. The maximum Gasteiger partial charge on any atom is 0.312 e. The summed E-state index contributed by atoms with van der Waals surface area (Å²) in [7, 11) is 0. The Hall–Kier alpha value is -5.32. The molecule has 1 aliphatic carbocycles. The van der Waals surface area contributed by atoms with Crippen LogP contribution in [-0.4, -0.2) is 154 Å². The second kappa shape index (κ2) is 21.6. The summed E-state index contributed by atoms with van der Waals surface area (Å²) >= 11 is 0. The van der Waals surface area contributed by atoms with Gasteiger partial charge in [0.15, 0.2) is 12.1 Å². The Labute approximate surface area is 418 Å². The number of morpholine rings is 1. The van der Waals surface area contributed by atoms with Gasteiger partial charge in [0.25, 0.3) is 11.7 Å². The number of esters is 1. The summed E-state index contributed by atoms with van der Waals surface area (Å²) in [4.78, 5) is 84.5. The second-order valence-electron chi connectivity index (χ2n) is 20.5. The number of fused-ring (bicyclic) bond motifs is 15. The monoisotopic (exact) mass is 1010 g/mol. The molecule has 3 saturated heterocycles. The molecule has 1 aromatic rings. The molecule has 1 unspecified atom stereocenters. The number of allylic oxidation sites excluding steroid dienone is 4. The van der Waals surface area contributed by atoms with Gasteiger partial charge < -0.3 is 68.5 Å². The highest BCUT2D eigenvalue weighted by Crippen LogP contribution is 2.48. The van der Waals surface area contributed by atoms with Crippen molar-refractivity contribution in [1.82, 2.24) is 10.2 Å². The average molecular weight is 1010 g/mol. The molecule has 20 nitrogen and oxygen atoms in total. The van der Waals surface area contributed by atoms with E-state index in [4.69, 9.17) is 37.9 Å². The quantitative estimate of drug-likeness (QED) is 0.245. The van der Waals surface area contributed by atoms with E-state index in [1.807, 2.05) is 6.92 Å². The summed E-state index contributed by atoms with van der Waals surface area (Å²) in [6.45, 7) is 17.1. The molecule has 0 radical (unpaired) electrons. The topological polar surface area (TPSA) is 272 Å². The van der Waals surface area contributed by atoms with Crippen molar-refractivity contribution in [3.8, 4) is 11.5 Å². The molecule has 8 rings (SSSR count). The zero-order valence-corrected chi connectivity index (χ0v) is 42.4. The van der Waals surface area contributed by atoms with Crippen LogP contribution < -0.4 is 10.1 Å². The minimum atomic E-state index is -2.15. The number of carbonyl (C=O) groups is 6. The zero-order chi connectivity index (χ0) is 52.7. The number of nitrogens with one attached hydrogen (secondary N) is 1. The van der Waals surface area contributed by atoms with E-state index in [9.17, 15) is 49.2 Å². The van der Waals surface area contributed by atoms with Crippen molar-refractivity contribution in [3.05, 3.63) is 70.2 Å². The van der Waals surface area contributed by atoms with E-state index in [0.717, 1.165) is 12.3 Å². The number of hydrogen-bond donors (Lipinski definition) is 5. The van der Waals surface area contributed by atoms with Crippen molar-refractivity contribution in [2.24, 2.45) is 29.1 Å². The van der Waals surface area contributed by atoms with Gasteiger partial charge >= 0.3 is 11.8 Å². The van der Waals surface area contributed by atoms with Crippen LogP contribution in [0.25, 0.3) is 0 Å². The molecule has 20 heteroatoms. The number of phenols is 1. The fourth-order valence-electron chi connectivity index (χ4n) is 10.0. The van der Waals surface area contributed by atoms with Gasteiger partial charge in [-0.3, -0.25) is 28.8 Å². The fraction of sp³-hybridized carbons (Fsp3) is 0.615. The molecular formula is C52H68N2O18. The number of aromatic hydroxyl groups is 1. The van der Waals surface area contributed by atoms with Crippen molar-refractivity contribution < 1.29 is 87.1 Å². The molecule has 7 aliphatic rings. The summed E-state index contributed by atoms with van der Waals surface area (Å²) in [5.41, 5.74) is -3.06. The molecule has 5 N–H and O–H groups in total. The normalized spacial score (nSPS) is 35.7. The fourth-order valence-corrected chi connectivity index (χ4v) is 10.0. The Kier molecular flexibility index (Phi) is 16.4. The molecule has 394 valence electrons. The van der Waals surface area contributed by atoms with Crippen LogP contribution in [-0.2, 0) is 47.5 Å². The van der Waals surface area contributed by atoms with Crippen LogP contribution in [0.1, 0.15) is 112 Å². The van der Waals surface area contributed by atoms with Gasteiger partial charge in [-0.1, -0.05) is 39.0 Å². The smallest absolute Gasteiger partial charge is 0.312 e. The van der Waals surface area contributed by atoms with Gasteiger partial charge in [-0.15, -0.1) is 0 Å². The summed E-state index contributed by atoms with van der Waals surface area (Å²) < 4.78 is 47.5. The van der Waals surface area contributed by atoms with E-state index in [-0.39, 0.29) is 60.2 Å². The first-order valence-corrected chi connectivity index (χ1v) is 24.5. The van der Waals surface area contributed by atoms with Crippen LogP contribution in [0.2, 0.25) is 0 Å². The molecule has 0 aromatic heterocycles. The van der Waals surface area contributed by atoms with Crippen LogP contribution in [0.3, 0.4) is 0 Å². The Morgan fingerprint density at radius 3 is 2.29 bits per heavy atom. The Morgan fingerprint density at radius 1 is 0.931 bits per heavy atom. The number of hydrogen-bond acceptors (Lipinski definition) is 18. The van der Waals surface area contributed by atoms with Crippen LogP contribution in [0.4, 0.5) is 0 Å². The third-order valence-electron chi connectivity index (χ3n) is 14.9. The van der Waals surface area contributed by atoms with Gasteiger partial charge in [-0.25, -0.2) is 0 Å². The number of carbonyl (C=O) groups excluding carboxylic acids is 6. The minimum Gasteiger partial charge on any atom is -0.507 e. The first kappa shape index (κ1) is 54.5. The third kappa shape index (κ3) is 10.8.